The van der Waals surface area contributed by atoms with Gasteiger partial charge in [-0.1, -0.05) is 6.92 Å². The van der Waals surface area contributed by atoms with Gasteiger partial charge in [0.1, 0.15) is 12.3 Å². The fourth-order valence-corrected chi connectivity index (χ4v) is 1.28. The fourth-order valence-electron chi connectivity index (χ4n) is 1.28. The molecular weight excluding hydrogens is 142 g/mol. The number of hydrogen-bond donors (Lipinski definition) is 1. The van der Waals surface area contributed by atoms with Gasteiger partial charge >= 0.3 is 0 Å². The number of rotatable bonds is 2. The molecule has 1 N–H and O–H groups in total. The minimum Gasteiger partial charge on any atom is -0.339 e. The standard InChI is InChI=1S/C8H11NO2/c1-3-6-5(2)7(4-10)9-8(6)11/h4,7H,3H2,1-2H3,(H,9,11). The second-order valence-corrected chi connectivity index (χ2v) is 2.60. The van der Waals surface area contributed by atoms with E-state index in [2.05, 4.69) is 5.32 Å². The van der Waals surface area contributed by atoms with Crippen molar-refractivity contribution in [2.75, 3.05) is 0 Å². The highest BCUT2D eigenvalue weighted by Gasteiger charge is 2.26. The molecule has 0 radical (unpaired) electrons. The molecule has 3 nitrogen and oxygen atoms in total. The molecule has 0 aromatic heterocycles. The Balaban J connectivity index is 2.93. The summed E-state index contributed by atoms with van der Waals surface area (Å²) in [5.41, 5.74) is 1.62. The Hall–Kier alpha value is -1.12. The van der Waals surface area contributed by atoms with Crippen molar-refractivity contribution in [3.05, 3.63) is 11.1 Å². The van der Waals surface area contributed by atoms with E-state index >= 15 is 0 Å². The molecule has 0 aromatic rings. The predicted molar refractivity (Wildman–Crippen MR) is 41.0 cm³/mol. The third-order valence-corrected chi connectivity index (χ3v) is 1.99. The lowest BCUT2D eigenvalue weighted by Crippen LogP contribution is -2.29. The summed E-state index contributed by atoms with van der Waals surface area (Å²) in [6, 6.07) is -0.377. The van der Waals surface area contributed by atoms with Gasteiger partial charge in [0.25, 0.3) is 0 Å². The van der Waals surface area contributed by atoms with Gasteiger partial charge in [0.15, 0.2) is 0 Å². The Labute approximate surface area is 65.5 Å². The number of aldehydes is 1. The van der Waals surface area contributed by atoms with Gasteiger partial charge in [0.2, 0.25) is 5.91 Å². The summed E-state index contributed by atoms with van der Waals surface area (Å²) in [5.74, 6) is -0.0953. The highest BCUT2D eigenvalue weighted by Crippen LogP contribution is 2.17. The summed E-state index contributed by atoms with van der Waals surface area (Å²) in [7, 11) is 0. The lowest BCUT2D eigenvalue weighted by Gasteiger charge is -2.00. The van der Waals surface area contributed by atoms with Crippen LogP contribution in [0.4, 0.5) is 0 Å². The first-order valence-electron chi connectivity index (χ1n) is 3.66. The first-order chi connectivity index (χ1) is 5.20. The van der Waals surface area contributed by atoms with E-state index in [-0.39, 0.29) is 11.9 Å². The van der Waals surface area contributed by atoms with E-state index in [0.29, 0.717) is 6.42 Å². The molecule has 1 unspecified atom stereocenters. The molecule has 1 atom stereocenters. The van der Waals surface area contributed by atoms with Crippen molar-refractivity contribution < 1.29 is 9.59 Å². The van der Waals surface area contributed by atoms with Gasteiger partial charge in [0.05, 0.1) is 0 Å². The summed E-state index contributed by atoms with van der Waals surface area (Å²) >= 11 is 0. The van der Waals surface area contributed by atoms with E-state index in [1.807, 2.05) is 13.8 Å². The molecule has 1 aliphatic heterocycles. The van der Waals surface area contributed by atoms with Crippen LogP contribution in [0.25, 0.3) is 0 Å². The molecule has 0 spiro atoms. The van der Waals surface area contributed by atoms with E-state index in [1.54, 1.807) is 0 Å². The molecule has 1 aliphatic rings. The van der Waals surface area contributed by atoms with Crippen LogP contribution in [0.5, 0.6) is 0 Å². The van der Waals surface area contributed by atoms with Crippen molar-refractivity contribution >= 4 is 12.2 Å². The average Bonchev–Trinajstić information content (AvgIpc) is 2.26. The lowest BCUT2D eigenvalue weighted by atomic mass is 10.1. The number of carbonyl (C=O) groups excluding carboxylic acids is 2. The molecule has 0 bridgehead atoms. The summed E-state index contributed by atoms with van der Waals surface area (Å²) < 4.78 is 0. The van der Waals surface area contributed by atoms with Crippen LogP contribution in [0.2, 0.25) is 0 Å². The van der Waals surface area contributed by atoms with Crippen LogP contribution in [-0.4, -0.2) is 18.2 Å². The molecule has 60 valence electrons. The molecule has 11 heavy (non-hydrogen) atoms. The van der Waals surface area contributed by atoms with Gasteiger partial charge in [-0.25, -0.2) is 0 Å². The van der Waals surface area contributed by atoms with Crippen molar-refractivity contribution in [2.45, 2.75) is 26.3 Å². The van der Waals surface area contributed by atoms with Crippen molar-refractivity contribution in [1.29, 1.82) is 0 Å². The molecule has 1 amide bonds. The van der Waals surface area contributed by atoms with Gasteiger partial charge < -0.3 is 10.1 Å². The quantitative estimate of drug-likeness (QED) is 0.584. The highest BCUT2D eigenvalue weighted by atomic mass is 16.2. The lowest BCUT2D eigenvalue weighted by molar-refractivity contribution is -0.119. The number of nitrogens with one attached hydrogen (secondary N) is 1. The largest absolute Gasteiger partial charge is 0.339 e. The predicted octanol–water partition coefficient (Wildman–Crippen LogP) is 0.410. The summed E-state index contributed by atoms with van der Waals surface area (Å²) in [5, 5.41) is 2.57. The average molecular weight is 153 g/mol. The third-order valence-electron chi connectivity index (χ3n) is 1.99. The maximum Gasteiger partial charge on any atom is 0.248 e. The Morgan fingerprint density at radius 3 is 2.55 bits per heavy atom. The van der Waals surface area contributed by atoms with Crippen LogP contribution >= 0.6 is 0 Å². The van der Waals surface area contributed by atoms with Gasteiger partial charge in [0, 0.05) is 5.57 Å². The topological polar surface area (TPSA) is 46.2 Å². The Bertz CT molecular complexity index is 230. The van der Waals surface area contributed by atoms with Crippen LogP contribution in [0.15, 0.2) is 11.1 Å². The summed E-state index contributed by atoms with van der Waals surface area (Å²) in [4.78, 5) is 21.4. The number of hydrogen-bond acceptors (Lipinski definition) is 2. The second kappa shape index (κ2) is 2.86. The SMILES string of the molecule is CCC1=C(C)C(C=O)NC1=O. The smallest absolute Gasteiger partial charge is 0.248 e. The number of amides is 1. The minimum atomic E-state index is -0.377. The van der Waals surface area contributed by atoms with E-state index in [0.717, 1.165) is 17.4 Å². The van der Waals surface area contributed by atoms with Gasteiger partial charge in [-0.2, -0.15) is 0 Å². The Morgan fingerprint density at radius 1 is 1.64 bits per heavy atom. The van der Waals surface area contributed by atoms with Crippen LogP contribution < -0.4 is 5.32 Å². The zero-order valence-corrected chi connectivity index (χ0v) is 6.68. The minimum absolute atomic E-state index is 0.0953. The molecule has 3 heteroatoms. The fraction of sp³-hybridized carbons (Fsp3) is 0.500. The van der Waals surface area contributed by atoms with Crippen LogP contribution in [0.3, 0.4) is 0 Å². The van der Waals surface area contributed by atoms with Crippen molar-refractivity contribution in [1.82, 2.24) is 5.32 Å². The maximum absolute atomic E-state index is 11.1. The van der Waals surface area contributed by atoms with E-state index in [9.17, 15) is 9.59 Å². The molecular formula is C8H11NO2. The van der Waals surface area contributed by atoms with E-state index in [1.165, 1.54) is 0 Å². The summed E-state index contributed by atoms with van der Waals surface area (Å²) in [6.07, 6.45) is 1.46. The molecule has 0 fully saturated rings. The maximum atomic E-state index is 11.1. The molecule has 0 aromatic carbocycles. The van der Waals surface area contributed by atoms with Crippen LogP contribution in [0.1, 0.15) is 20.3 Å². The second-order valence-electron chi connectivity index (χ2n) is 2.60. The van der Waals surface area contributed by atoms with Gasteiger partial charge in [-0.3, -0.25) is 4.79 Å². The molecule has 0 aliphatic carbocycles. The molecule has 0 saturated heterocycles. The van der Waals surface area contributed by atoms with Crippen LogP contribution in [-0.2, 0) is 9.59 Å². The monoisotopic (exact) mass is 153 g/mol. The number of carbonyl (C=O) groups is 2. The molecule has 1 heterocycles. The molecule has 0 saturated carbocycles. The van der Waals surface area contributed by atoms with Crippen molar-refractivity contribution in [3.8, 4) is 0 Å². The zero-order valence-electron chi connectivity index (χ0n) is 6.68. The first kappa shape index (κ1) is 7.98. The van der Waals surface area contributed by atoms with Crippen LogP contribution in [0, 0.1) is 0 Å². The van der Waals surface area contributed by atoms with Crippen molar-refractivity contribution in [3.63, 3.8) is 0 Å². The Kier molecular flexibility index (Phi) is 2.08. The van der Waals surface area contributed by atoms with E-state index in [4.69, 9.17) is 0 Å². The van der Waals surface area contributed by atoms with Gasteiger partial charge in [-0.15, -0.1) is 0 Å². The summed E-state index contributed by atoms with van der Waals surface area (Å²) in [6.45, 7) is 3.72. The normalized spacial score (nSPS) is 23.8. The van der Waals surface area contributed by atoms with Gasteiger partial charge in [-0.05, 0) is 18.9 Å². The zero-order chi connectivity index (χ0) is 8.43. The highest BCUT2D eigenvalue weighted by molar-refractivity contribution is 6.00. The Morgan fingerprint density at radius 2 is 2.27 bits per heavy atom. The van der Waals surface area contributed by atoms with E-state index < -0.39 is 0 Å². The third kappa shape index (κ3) is 1.18. The van der Waals surface area contributed by atoms with Crippen molar-refractivity contribution in [2.24, 2.45) is 0 Å². The molecule has 1 rings (SSSR count). The first-order valence-corrected chi connectivity index (χ1v) is 3.66.